The Kier molecular flexibility index (Phi) is 4.49. The lowest BCUT2D eigenvalue weighted by molar-refractivity contribution is 0.238. The van der Waals surface area contributed by atoms with E-state index in [1.807, 2.05) is 24.5 Å². The lowest BCUT2D eigenvalue weighted by atomic mass is 10.1. The minimum absolute atomic E-state index is 0.744. The Labute approximate surface area is 149 Å². The van der Waals surface area contributed by atoms with Crippen LogP contribution in [0.4, 0.5) is 0 Å². The number of aromatic nitrogens is 3. The van der Waals surface area contributed by atoms with Gasteiger partial charge in [-0.05, 0) is 59.6 Å². The fourth-order valence-electron chi connectivity index (χ4n) is 3.04. The predicted molar refractivity (Wildman–Crippen MR) is 97.3 cm³/mol. The van der Waals surface area contributed by atoms with Crippen molar-refractivity contribution in [2.75, 3.05) is 26.2 Å². The minimum Gasteiger partial charge on any atom is -0.492 e. The van der Waals surface area contributed by atoms with Crippen molar-refractivity contribution in [2.45, 2.75) is 12.8 Å². The molecule has 2 aromatic heterocycles. The topological polar surface area (TPSA) is 42.7 Å². The summed E-state index contributed by atoms with van der Waals surface area (Å²) in [5.74, 6) is 0.911. The van der Waals surface area contributed by atoms with Crippen LogP contribution in [-0.4, -0.2) is 45.7 Å². The molecule has 1 aliphatic heterocycles. The summed E-state index contributed by atoms with van der Waals surface area (Å²) in [5.41, 5.74) is 2.95. The van der Waals surface area contributed by atoms with E-state index in [2.05, 4.69) is 43.0 Å². The molecule has 0 unspecified atom stereocenters. The molecule has 6 heteroatoms. The van der Waals surface area contributed by atoms with Crippen LogP contribution >= 0.6 is 15.9 Å². The maximum atomic E-state index is 5.85. The lowest BCUT2D eigenvalue weighted by Crippen LogP contribution is -2.25. The zero-order chi connectivity index (χ0) is 16.4. The van der Waals surface area contributed by atoms with Crippen LogP contribution in [0.25, 0.3) is 16.8 Å². The molecule has 24 heavy (non-hydrogen) atoms. The van der Waals surface area contributed by atoms with Gasteiger partial charge in [-0.2, -0.15) is 5.10 Å². The molecule has 0 N–H and O–H groups in total. The first-order valence-electron chi connectivity index (χ1n) is 8.24. The maximum absolute atomic E-state index is 5.85. The molecule has 0 spiro atoms. The van der Waals surface area contributed by atoms with E-state index in [9.17, 15) is 0 Å². The van der Waals surface area contributed by atoms with Gasteiger partial charge < -0.3 is 4.74 Å². The average Bonchev–Trinajstić information content (AvgIpc) is 3.26. The van der Waals surface area contributed by atoms with Crippen LogP contribution in [0, 0.1) is 0 Å². The van der Waals surface area contributed by atoms with Crippen molar-refractivity contribution < 1.29 is 4.74 Å². The molecule has 0 bridgehead atoms. The minimum atomic E-state index is 0.744. The molecule has 1 saturated heterocycles. The van der Waals surface area contributed by atoms with Crippen LogP contribution in [-0.2, 0) is 0 Å². The summed E-state index contributed by atoms with van der Waals surface area (Å²) in [6.07, 6.45) is 8.24. The van der Waals surface area contributed by atoms with Gasteiger partial charge in [0.15, 0.2) is 5.65 Å². The number of halogens is 1. The van der Waals surface area contributed by atoms with Crippen LogP contribution in [0.1, 0.15) is 12.8 Å². The van der Waals surface area contributed by atoms with Gasteiger partial charge in [0.2, 0.25) is 0 Å². The highest BCUT2D eigenvalue weighted by Crippen LogP contribution is 2.23. The molecule has 3 heterocycles. The Hall–Kier alpha value is -1.92. The number of hydrogen-bond donors (Lipinski definition) is 0. The number of ether oxygens (including phenoxy) is 1. The number of nitrogens with zero attached hydrogens (tertiary/aromatic N) is 4. The van der Waals surface area contributed by atoms with Gasteiger partial charge in [-0.25, -0.2) is 9.50 Å². The van der Waals surface area contributed by atoms with Crippen LogP contribution < -0.4 is 4.74 Å². The fraction of sp³-hybridized carbons (Fsp3) is 0.333. The molecule has 1 aromatic carbocycles. The Morgan fingerprint density at radius 3 is 2.62 bits per heavy atom. The molecule has 0 atom stereocenters. The number of likely N-dealkylation sites (tertiary alicyclic amines) is 1. The first-order chi connectivity index (χ1) is 11.8. The van der Waals surface area contributed by atoms with Crippen molar-refractivity contribution in [1.29, 1.82) is 0 Å². The van der Waals surface area contributed by atoms with E-state index < -0.39 is 0 Å². The molecule has 0 amide bonds. The summed E-state index contributed by atoms with van der Waals surface area (Å²) < 4.78 is 8.53. The average molecular weight is 387 g/mol. The van der Waals surface area contributed by atoms with Gasteiger partial charge in [-0.1, -0.05) is 12.1 Å². The van der Waals surface area contributed by atoms with E-state index >= 15 is 0 Å². The van der Waals surface area contributed by atoms with E-state index in [-0.39, 0.29) is 0 Å². The van der Waals surface area contributed by atoms with Crippen molar-refractivity contribution in [2.24, 2.45) is 0 Å². The molecular weight excluding hydrogens is 368 g/mol. The predicted octanol–water partition coefficient (Wildman–Crippen LogP) is 3.63. The zero-order valence-corrected chi connectivity index (χ0v) is 14.9. The van der Waals surface area contributed by atoms with Gasteiger partial charge in [0.1, 0.15) is 12.4 Å². The van der Waals surface area contributed by atoms with Crippen molar-refractivity contribution >= 4 is 21.6 Å². The standard InChI is InChI=1S/C18H19BrN4O/c19-17-12-21-23-13-15(11-20-18(17)23)14-3-5-16(6-4-14)24-10-9-22-7-1-2-8-22/h3-6,11-13H,1-2,7-10H2. The number of rotatable bonds is 5. The molecule has 0 aliphatic carbocycles. The monoisotopic (exact) mass is 386 g/mol. The Bertz CT molecular complexity index is 825. The van der Waals surface area contributed by atoms with Crippen LogP contribution in [0.3, 0.4) is 0 Å². The van der Waals surface area contributed by atoms with Crippen LogP contribution in [0.5, 0.6) is 5.75 Å². The first-order valence-corrected chi connectivity index (χ1v) is 9.03. The van der Waals surface area contributed by atoms with Gasteiger partial charge in [0, 0.05) is 24.5 Å². The van der Waals surface area contributed by atoms with Crippen molar-refractivity contribution in [3.8, 4) is 16.9 Å². The second kappa shape index (κ2) is 6.91. The number of fused-ring (bicyclic) bond motifs is 1. The third-order valence-corrected chi connectivity index (χ3v) is 4.94. The maximum Gasteiger partial charge on any atom is 0.169 e. The van der Waals surface area contributed by atoms with Gasteiger partial charge in [0.05, 0.1) is 10.7 Å². The van der Waals surface area contributed by atoms with Crippen molar-refractivity contribution in [3.05, 3.63) is 47.3 Å². The molecular formula is C18H19BrN4O. The second-order valence-corrected chi connectivity index (χ2v) is 6.88. The van der Waals surface area contributed by atoms with Crippen molar-refractivity contribution in [3.63, 3.8) is 0 Å². The number of hydrogen-bond acceptors (Lipinski definition) is 4. The molecule has 1 fully saturated rings. The summed E-state index contributed by atoms with van der Waals surface area (Å²) in [6.45, 7) is 4.17. The largest absolute Gasteiger partial charge is 0.492 e. The SMILES string of the molecule is Brc1cnn2cc(-c3ccc(OCCN4CCCC4)cc3)cnc12. The first kappa shape index (κ1) is 15.6. The van der Waals surface area contributed by atoms with E-state index in [1.165, 1.54) is 25.9 Å². The quantitative estimate of drug-likeness (QED) is 0.671. The molecule has 5 nitrogen and oxygen atoms in total. The fourth-order valence-corrected chi connectivity index (χ4v) is 3.41. The molecule has 3 aromatic rings. The van der Waals surface area contributed by atoms with E-state index in [1.54, 1.807) is 10.7 Å². The lowest BCUT2D eigenvalue weighted by Gasteiger charge is -2.15. The van der Waals surface area contributed by atoms with Crippen LogP contribution in [0.15, 0.2) is 47.3 Å². The highest BCUT2D eigenvalue weighted by Gasteiger charge is 2.11. The summed E-state index contributed by atoms with van der Waals surface area (Å²) in [7, 11) is 0. The van der Waals surface area contributed by atoms with E-state index in [0.29, 0.717) is 0 Å². The van der Waals surface area contributed by atoms with Crippen LogP contribution in [0.2, 0.25) is 0 Å². The summed E-state index contributed by atoms with van der Waals surface area (Å²) in [5, 5.41) is 4.28. The smallest absolute Gasteiger partial charge is 0.169 e. The second-order valence-electron chi connectivity index (χ2n) is 6.02. The number of benzene rings is 1. The van der Waals surface area contributed by atoms with Gasteiger partial charge in [-0.15, -0.1) is 0 Å². The Balaban J connectivity index is 1.42. The van der Waals surface area contributed by atoms with Gasteiger partial charge in [0.25, 0.3) is 0 Å². The van der Waals surface area contributed by atoms with E-state index in [0.717, 1.165) is 40.1 Å². The Morgan fingerprint density at radius 1 is 1.04 bits per heavy atom. The van der Waals surface area contributed by atoms with Gasteiger partial charge in [-0.3, -0.25) is 4.90 Å². The molecule has 4 rings (SSSR count). The van der Waals surface area contributed by atoms with E-state index in [4.69, 9.17) is 4.74 Å². The summed E-state index contributed by atoms with van der Waals surface area (Å²) in [6, 6.07) is 8.16. The third-order valence-electron chi connectivity index (χ3n) is 4.38. The highest BCUT2D eigenvalue weighted by atomic mass is 79.9. The van der Waals surface area contributed by atoms with Gasteiger partial charge >= 0.3 is 0 Å². The normalized spacial score (nSPS) is 15.2. The third kappa shape index (κ3) is 3.30. The summed E-state index contributed by atoms with van der Waals surface area (Å²) in [4.78, 5) is 6.91. The van der Waals surface area contributed by atoms with Crippen molar-refractivity contribution in [1.82, 2.24) is 19.5 Å². The summed E-state index contributed by atoms with van der Waals surface area (Å²) >= 11 is 3.44. The zero-order valence-electron chi connectivity index (χ0n) is 13.4. The molecule has 0 saturated carbocycles. The molecule has 1 aliphatic rings. The Morgan fingerprint density at radius 2 is 1.83 bits per heavy atom. The molecule has 124 valence electrons. The molecule has 0 radical (unpaired) electrons. The highest BCUT2D eigenvalue weighted by molar-refractivity contribution is 9.10.